The zero-order valence-corrected chi connectivity index (χ0v) is 19.4. The van der Waals surface area contributed by atoms with Gasteiger partial charge in [0.15, 0.2) is 26.8 Å². The Hall–Kier alpha value is -2.52. The third-order valence-corrected chi connectivity index (χ3v) is 6.78. The molecule has 0 saturated carbocycles. The zero-order valence-electron chi connectivity index (χ0n) is 18.6. The number of hydrogen-bond acceptors (Lipinski definition) is 7. The molecule has 0 aliphatic carbocycles. The lowest BCUT2D eigenvalue weighted by molar-refractivity contribution is 0.0839. The van der Waals surface area contributed by atoms with E-state index in [0.717, 1.165) is 0 Å². The van der Waals surface area contributed by atoms with Crippen LogP contribution in [0.2, 0.25) is 0 Å². The van der Waals surface area contributed by atoms with Crippen molar-refractivity contribution >= 4 is 26.8 Å². The van der Waals surface area contributed by atoms with E-state index >= 15 is 0 Å². The molecule has 1 atom stereocenters. The van der Waals surface area contributed by atoms with E-state index in [1.807, 2.05) is 23.6 Å². The number of fused-ring (bicyclic) bond motifs is 1. The van der Waals surface area contributed by atoms with Gasteiger partial charge in [-0.3, -0.25) is 0 Å². The Kier molecular flexibility index (Phi) is 5.09. The van der Waals surface area contributed by atoms with Gasteiger partial charge < -0.3 is 14.6 Å². The summed E-state index contributed by atoms with van der Waals surface area (Å²) < 4.78 is 26.3. The van der Waals surface area contributed by atoms with Crippen LogP contribution in [0.15, 0.2) is 35.5 Å². The number of anilines is 1. The molecule has 0 radical (unpaired) electrons. The summed E-state index contributed by atoms with van der Waals surface area (Å²) in [5.41, 5.74) is 0.944. The number of aliphatic hydroxyl groups is 1. The SMILES string of the molecule is CC1(O)CCN(c2nc(C(C)(C)C)nc3c2ncn3Cc2ccccc2S(C)(=O)=O)C1. The quantitative estimate of drug-likeness (QED) is 0.661. The van der Waals surface area contributed by atoms with Crippen molar-refractivity contribution in [1.29, 1.82) is 0 Å². The van der Waals surface area contributed by atoms with E-state index in [1.54, 1.807) is 18.5 Å². The average molecular weight is 444 g/mol. The number of rotatable bonds is 4. The van der Waals surface area contributed by atoms with E-state index in [9.17, 15) is 13.5 Å². The minimum absolute atomic E-state index is 0.287. The molecule has 1 aliphatic rings. The highest BCUT2D eigenvalue weighted by Crippen LogP contribution is 2.32. The Bertz CT molecular complexity index is 1240. The smallest absolute Gasteiger partial charge is 0.175 e. The molecule has 3 heterocycles. The second kappa shape index (κ2) is 7.27. The van der Waals surface area contributed by atoms with Crippen molar-refractivity contribution in [2.45, 2.75) is 56.6 Å². The second-order valence-electron chi connectivity index (χ2n) is 9.71. The predicted octanol–water partition coefficient (Wildman–Crippen LogP) is 2.54. The Morgan fingerprint density at radius 1 is 1.19 bits per heavy atom. The first-order valence-electron chi connectivity index (χ1n) is 10.3. The molecular formula is C22H29N5O3S. The van der Waals surface area contributed by atoms with Crippen LogP contribution in [0.1, 0.15) is 45.5 Å². The molecule has 1 fully saturated rings. The Labute approximate surface area is 182 Å². The first-order valence-corrected chi connectivity index (χ1v) is 12.2. The maximum Gasteiger partial charge on any atom is 0.175 e. The summed E-state index contributed by atoms with van der Waals surface area (Å²) in [6, 6.07) is 6.99. The molecule has 3 aromatic rings. The maximum absolute atomic E-state index is 12.2. The topological polar surface area (TPSA) is 101 Å². The van der Waals surface area contributed by atoms with Crippen molar-refractivity contribution in [3.8, 4) is 0 Å². The second-order valence-corrected chi connectivity index (χ2v) is 11.7. The molecule has 1 aliphatic heterocycles. The van der Waals surface area contributed by atoms with E-state index in [2.05, 4.69) is 30.7 Å². The molecule has 1 aromatic carbocycles. The molecule has 0 spiro atoms. The van der Waals surface area contributed by atoms with Gasteiger partial charge in [-0.2, -0.15) is 0 Å². The Morgan fingerprint density at radius 3 is 2.52 bits per heavy atom. The molecule has 1 saturated heterocycles. The standard InChI is InChI=1S/C22H29N5O3S/c1-21(2,3)20-24-18(26-11-10-22(4,28)13-26)17-19(25-20)27(14-23-17)12-15-8-6-7-9-16(15)31(5,29)30/h6-9,14,28H,10-13H2,1-5H3. The third kappa shape index (κ3) is 4.29. The van der Waals surface area contributed by atoms with Gasteiger partial charge in [-0.05, 0) is 25.0 Å². The van der Waals surface area contributed by atoms with E-state index in [-0.39, 0.29) is 5.41 Å². The minimum Gasteiger partial charge on any atom is -0.388 e. The molecule has 1 N–H and O–H groups in total. The van der Waals surface area contributed by atoms with Gasteiger partial charge in [0.2, 0.25) is 0 Å². The van der Waals surface area contributed by atoms with Crippen molar-refractivity contribution < 1.29 is 13.5 Å². The molecular weight excluding hydrogens is 414 g/mol. The molecule has 0 amide bonds. The van der Waals surface area contributed by atoms with Gasteiger partial charge >= 0.3 is 0 Å². The predicted molar refractivity (Wildman–Crippen MR) is 120 cm³/mol. The van der Waals surface area contributed by atoms with Gasteiger partial charge in [0.05, 0.1) is 23.4 Å². The van der Waals surface area contributed by atoms with Crippen LogP contribution in [0.5, 0.6) is 0 Å². The fraction of sp³-hybridized carbons (Fsp3) is 0.500. The van der Waals surface area contributed by atoms with Crippen LogP contribution in [0.25, 0.3) is 11.2 Å². The van der Waals surface area contributed by atoms with Crippen LogP contribution < -0.4 is 4.90 Å². The summed E-state index contributed by atoms with van der Waals surface area (Å²) in [7, 11) is -3.36. The number of aromatic nitrogens is 4. The van der Waals surface area contributed by atoms with Gasteiger partial charge in [-0.25, -0.2) is 23.4 Å². The van der Waals surface area contributed by atoms with E-state index < -0.39 is 15.4 Å². The fourth-order valence-corrected chi connectivity index (χ4v) is 4.84. The van der Waals surface area contributed by atoms with E-state index in [1.165, 1.54) is 6.26 Å². The summed E-state index contributed by atoms with van der Waals surface area (Å²) in [6.07, 6.45) is 3.56. The summed E-state index contributed by atoms with van der Waals surface area (Å²) in [6.45, 7) is 9.49. The molecule has 0 bridgehead atoms. The number of imidazole rings is 1. The first-order chi connectivity index (χ1) is 14.4. The van der Waals surface area contributed by atoms with Gasteiger partial charge in [-0.1, -0.05) is 39.0 Å². The zero-order chi connectivity index (χ0) is 22.6. The van der Waals surface area contributed by atoms with Crippen LogP contribution in [-0.2, 0) is 21.8 Å². The number of benzene rings is 1. The fourth-order valence-electron chi connectivity index (χ4n) is 3.91. The van der Waals surface area contributed by atoms with Crippen LogP contribution >= 0.6 is 0 Å². The highest BCUT2D eigenvalue weighted by atomic mass is 32.2. The maximum atomic E-state index is 12.2. The largest absolute Gasteiger partial charge is 0.388 e. The van der Waals surface area contributed by atoms with Crippen molar-refractivity contribution in [2.24, 2.45) is 0 Å². The summed E-state index contributed by atoms with van der Waals surface area (Å²) in [5.74, 6) is 1.39. The van der Waals surface area contributed by atoms with Crippen molar-refractivity contribution in [1.82, 2.24) is 19.5 Å². The van der Waals surface area contributed by atoms with Gasteiger partial charge in [0, 0.05) is 24.8 Å². The molecule has 4 rings (SSSR count). The molecule has 31 heavy (non-hydrogen) atoms. The van der Waals surface area contributed by atoms with E-state index in [4.69, 9.17) is 9.97 Å². The normalized spacial score (nSPS) is 20.0. The summed E-state index contributed by atoms with van der Waals surface area (Å²) in [5, 5.41) is 10.5. The monoisotopic (exact) mass is 443 g/mol. The van der Waals surface area contributed by atoms with Crippen molar-refractivity contribution in [3.63, 3.8) is 0 Å². The number of nitrogens with zero attached hydrogens (tertiary/aromatic N) is 5. The van der Waals surface area contributed by atoms with Crippen molar-refractivity contribution in [2.75, 3.05) is 24.2 Å². The van der Waals surface area contributed by atoms with Crippen LogP contribution in [0.4, 0.5) is 5.82 Å². The van der Waals surface area contributed by atoms with Crippen LogP contribution in [-0.4, -0.2) is 58.0 Å². The van der Waals surface area contributed by atoms with E-state index in [0.29, 0.717) is 59.3 Å². The lowest BCUT2D eigenvalue weighted by atomic mass is 9.96. The number of sulfone groups is 1. The third-order valence-electron chi connectivity index (χ3n) is 5.58. The Morgan fingerprint density at radius 2 is 1.90 bits per heavy atom. The van der Waals surface area contributed by atoms with Gasteiger partial charge in [0.25, 0.3) is 0 Å². The number of β-amino-alcohol motifs (C(OH)–C–C–N with tert-alkyl or cyclic N) is 1. The molecule has 1 unspecified atom stereocenters. The van der Waals surface area contributed by atoms with Crippen LogP contribution in [0.3, 0.4) is 0 Å². The van der Waals surface area contributed by atoms with Gasteiger partial charge in [0.1, 0.15) is 5.82 Å². The molecule has 166 valence electrons. The molecule has 8 nitrogen and oxygen atoms in total. The summed E-state index contributed by atoms with van der Waals surface area (Å²) in [4.78, 5) is 16.6. The van der Waals surface area contributed by atoms with Crippen molar-refractivity contribution in [3.05, 3.63) is 42.0 Å². The lowest BCUT2D eigenvalue weighted by Crippen LogP contribution is -2.31. The molecule has 2 aromatic heterocycles. The number of hydrogen-bond donors (Lipinski definition) is 1. The Balaban J connectivity index is 1.85. The highest BCUT2D eigenvalue weighted by molar-refractivity contribution is 7.90. The van der Waals surface area contributed by atoms with Gasteiger partial charge in [-0.15, -0.1) is 0 Å². The average Bonchev–Trinajstić information content (AvgIpc) is 3.23. The summed E-state index contributed by atoms with van der Waals surface area (Å²) >= 11 is 0. The minimum atomic E-state index is -3.36. The lowest BCUT2D eigenvalue weighted by Gasteiger charge is -2.23. The molecule has 9 heteroatoms. The van der Waals surface area contributed by atoms with Crippen LogP contribution in [0, 0.1) is 0 Å². The highest BCUT2D eigenvalue weighted by Gasteiger charge is 2.34. The first kappa shape index (κ1) is 21.7.